The van der Waals surface area contributed by atoms with Gasteiger partial charge in [-0.1, -0.05) is 11.6 Å². The Bertz CT molecular complexity index is 572. The van der Waals surface area contributed by atoms with Crippen molar-refractivity contribution in [1.29, 1.82) is 0 Å². The molecule has 1 aromatic rings. The average Bonchev–Trinajstić information content (AvgIpc) is 2.48. The van der Waals surface area contributed by atoms with Crippen LogP contribution in [0.4, 0.5) is 0 Å². The monoisotopic (exact) mass is 332 g/mol. The van der Waals surface area contributed by atoms with Crippen LogP contribution in [0.25, 0.3) is 0 Å². The Morgan fingerprint density at radius 3 is 2.95 bits per heavy atom. The summed E-state index contributed by atoms with van der Waals surface area (Å²) in [7, 11) is -2.12. The second kappa shape index (κ2) is 7.45. The molecule has 0 bridgehead atoms. The van der Waals surface area contributed by atoms with Gasteiger partial charge in [0.15, 0.2) is 0 Å². The number of nitrogens with one attached hydrogen (secondary N) is 2. The molecule has 2 rings (SSSR count). The first-order chi connectivity index (χ1) is 10.0. The van der Waals surface area contributed by atoms with Gasteiger partial charge in [0.1, 0.15) is 10.6 Å². The van der Waals surface area contributed by atoms with E-state index in [-0.39, 0.29) is 9.92 Å². The van der Waals surface area contributed by atoms with E-state index in [1.807, 2.05) is 0 Å². The molecule has 0 amide bonds. The van der Waals surface area contributed by atoms with E-state index >= 15 is 0 Å². The number of rotatable bonds is 6. The van der Waals surface area contributed by atoms with Crippen molar-refractivity contribution in [2.24, 2.45) is 5.92 Å². The summed E-state index contributed by atoms with van der Waals surface area (Å²) >= 11 is 5.98. The topological polar surface area (TPSA) is 67.4 Å². The molecule has 1 heterocycles. The molecule has 1 fully saturated rings. The van der Waals surface area contributed by atoms with Crippen LogP contribution in [-0.4, -0.2) is 35.2 Å². The fraction of sp³-hybridized carbons (Fsp3) is 0.571. The third-order valence-electron chi connectivity index (χ3n) is 3.67. The molecule has 118 valence electrons. The predicted molar refractivity (Wildman–Crippen MR) is 83.4 cm³/mol. The highest BCUT2D eigenvalue weighted by molar-refractivity contribution is 7.89. The van der Waals surface area contributed by atoms with Crippen LogP contribution in [-0.2, 0) is 10.0 Å². The van der Waals surface area contributed by atoms with Gasteiger partial charge in [0.05, 0.1) is 12.1 Å². The summed E-state index contributed by atoms with van der Waals surface area (Å²) in [6, 6.07) is 4.60. The summed E-state index contributed by atoms with van der Waals surface area (Å²) < 4.78 is 32.3. The third-order valence-corrected chi connectivity index (χ3v) is 5.61. The Morgan fingerprint density at radius 2 is 2.29 bits per heavy atom. The number of halogens is 1. The van der Waals surface area contributed by atoms with Crippen molar-refractivity contribution in [2.45, 2.75) is 24.2 Å². The molecule has 21 heavy (non-hydrogen) atoms. The van der Waals surface area contributed by atoms with Gasteiger partial charge in [0, 0.05) is 12.6 Å². The van der Waals surface area contributed by atoms with Crippen molar-refractivity contribution in [3.63, 3.8) is 0 Å². The summed E-state index contributed by atoms with van der Waals surface area (Å²) in [5.74, 6) is 0.999. The highest BCUT2D eigenvalue weighted by Gasteiger charge is 2.20. The summed E-state index contributed by atoms with van der Waals surface area (Å²) in [5, 5.41) is 3.52. The van der Waals surface area contributed by atoms with Gasteiger partial charge in [-0.15, -0.1) is 0 Å². The number of hydrogen-bond donors (Lipinski definition) is 2. The van der Waals surface area contributed by atoms with Crippen molar-refractivity contribution in [3.05, 3.63) is 23.2 Å². The van der Waals surface area contributed by atoms with Crippen molar-refractivity contribution in [3.8, 4) is 5.75 Å². The van der Waals surface area contributed by atoms with Crippen molar-refractivity contribution >= 4 is 21.6 Å². The maximum absolute atomic E-state index is 12.3. The standard InChI is InChI=1S/C14H21ClN2O3S/c1-20-12-4-5-13(15)14(9-12)21(18,19)17-8-6-11-3-2-7-16-10-11/h4-5,9,11,16-17H,2-3,6-8,10H2,1H3. The molecule has 0 aliphatic carbocycles. The minimum absolute atomic E-state index is 0.0604. The first kappa shape index (κ1) is 16.5. The Hall–Kier alpha value is -0.820. The summed E-state index contributed by atoms with van der Waals surface area (Å²) in [6.45, 7) is 2.44. The zero-order chi connectivity index (χ0) is 15.3. The predicted octanol–water partition coefficient (Wildman–Crippen LogP) is 2.02. The molecule has 0 saturated carbocycles. The second-order valence-electron chi connectivity index (χ2n) is 5.20. The molecule has 5 nitrogen and oxygen atoms in total. The zero-order valence-electron chi connectivity index (χ0n) is 12.1. The number of ether oxygens (including phenoxy) is 1. The lowest BCUT2D eigenvalue weighted by atomic mass is 9.96. The van der Waals surface area contributed by atoms with E-state index in [0.29, 0.717) is 18.2 Å². The third kappa shape index (κ3) is 4.57. The molecule has 1 aliphatic rings. The molecule has 1 unspecified atom stereocenters. The van der Waals surface area contributed by atoms with E-state index in [0.717, 1.165) is 32.4 Å². The molecule has 7 heteroatoms. The van der Waals surface area contributed by atoms with Gasteiger partial charge in [-0.25, -0.2) is 13.1 Å². The van der Waals surface area contributed by atoms with Gasteiger partial charge in [-0.3, -0.25) is 0 Å². The number of piperidine rings is 1. The van der Waals surface area contributed by atoms with Gasteiger partial charge in [-0.2, -0.15) is 0 Å². The minimum atomic E-state index is -3.61. The maximum atomic E-state index is 12.3. The molecule has 0 radical (unpaired) electrons. The fourth-order valence-corrected chi connectivity index (χ4v) is 4.02. The molecule has 2 N–H and O–H groups in total. The molecule has 0 spiro atoms. The Balaban J connectivity index is 1.97. The Labute approximate surface area is 131 Å². The Kier molecular flexibility index (Phi) is 5.87. The van der Waals surface area contributed by atoms with Gasteiger partial charge in [0.25, 0.3) is 0 Å². The largest absolute Gasteiger partial charge is 0.497 e. The number of hydrogen-bond acceptors (Lipinski definition) is 4. The lowest BCUT2D eigenvalue weighted by molar-refractivity contribution is 0.358. The van der Waals surface area contributed by atoms with E-state index in [2.05, 4.69) is 10.0 Å². The van der Waals surface area contributed by atoms with E-state index in [1.54, 1.807) is 6.07 Å². The van der Waals surface area contributed by atoms with E-state index in [9.17, 15) is 8.42 Å². The first-order valence-electron chi connectivity index (χ1n) is 7.07. The van der Waals surface area contributed by atoms with Crippen LogP contribution < -0.4 is 14.8 Å². The van der Waals surface area contributed by atoms with E-state index in [4.69, 9.17) is 16.3 Å². The fourth-order valence-electron chi connectivity index (χ4n) is 2.46. The summed E-state index contributed by atoms with van der Waals surface area (Å²) in [4.78, 5) is 0.0604. The van der Waals surface area contributed by atoms with Crippen LogP contribution in [0.2, 0.25) is 5.02 Å². The highest BCUT2D eigenvalue weighted by Crippen LogP contribution is 2.26. The smallest absolute Gasteiger partial charge is 0.242 e. The quantitative estimate of drug-likeness (QED) is 0.836. The Morgan fingerprint density at radius 1 is 1.48 bits per heavy atom. The van der Waals surface area contributed by atoms with Gasteiger partial charge < -0.3 is 10.1 Å². The van der Waals surface area contributed by atoms with Crippen LogP contribution in [0.1, 0.15) is 19.3 Å². The van der Waals surface area contributed by atoms with Gasteiger partial charge in [0.2, 0.25) is 10.0 Å². The van der Waals surface area contributed by atoms with Crippen LogP contribution in [0.5, 0.6) is 5.75 Å². The molecular formula is C14H21ClN2O3S. The molecular weight excluding hydrogens is 312 g/mol. The molecule has 1 atom stereocenters. The number of methoxy groups -OCH3 is 1. The van der Waals surface area contributed by atoms with Crippen molar-refractivity contribution in [1.82, 2.24) is 10.0 Å². The van der Waals surface area contributed by atoms with Crippen LogP contribution in [0.15, 0.2) is 23.1 Å². The lowest BCUT2D eigenvalue weighted by Crippen LogP contribution is -2.33. The molecule has 1 saturated heterocycles. The van der Waals surface area contributed by atoms with Crippen LogP contribution >= 0.6 is 11.6 Å². The highest BCUT2D eigenvalue weighted by atomic mass is 35.5. The van der Waals surface area contributed by atoms with Crippen molar-refractivity contribution < 1.29 is 13.2 Å². The SMILES string of the molecule is COc1ccc(Cl)c(S(=O)(=O)NCCC2CCCNC2)c1. The second-order valence-corrected chi connectivity index (χ2v) is 7.34. The molecule has 1 aliphatic heterocycles. The molecule has 0 aromatic heterocycles. The van der Waals surface area contributed by atoms with Gasteiger partial charge >= 0.3 is 0 Å². The average molecular weight is 333 g/mol. The summed E-state index contributed by atoms with van der Waals surface area (Å²) in [5.41, 5.74) is 0. The zero-order valence-corrected chi connectivity index (χ0v) is 13.6. The van der Waals surface area contributed by atoms with Gasteiger partial charge in [-0.05, 0) is 50.4 Å². The lowest BCUT2D eigenvalue weighted by Gasteiger charge is -2.22. The van der Waals surface area contributed by atoms with Crippen LogP contribution in [0, 0.1) is 5.92 Å². The minimum Gasteiger partial charge on any atom is -0.497 e. The molecule has 1 aromatic carbocycles. The summed E-state index contributed by atoms with van der Waals surface area (Å²) in [6.07, 6.45) is 3.13. The van der Waals surface area contributed by atoms with Crippen molar-refractivity contribution in [2.75, 3.05) is 26.7 Å². The maximum Gasteiger partial charge on any atom is 0.242 e. The van der Waals surface area contributed by atoms with E-state index < -0.39 is 10.0 Å². The normalized spacial score (nSPS) is 19.4. The number of benzene rings is 1. The first-order valence-corrected chi connectivity index (χ1v) is 8.93. The van der Waals surface area contributed by atoms with Crippen LogP contribution in [0.3, 0.4) is 0 Å². The number of sulfonamides is 1. The van der Waals surface area contributed by atoms with E-state index in [1.165, 1.54) is 19.2 Å².